The molecule has 0 bridgehead atoms. The summed E-state index contributed by atoms with van der Waals surface area (Å²) in [6, 6.07) is 54.2. The molecule has 0 saturated carbocycles. The van der Waals surface area contributed by atoms with Gasteiger partial charge in [0, 0.05) is 0 Å². The monoisotopic (exact) mass is 996 g/mol. The number of hydrogen-bond donors (Lipinski definition) is 0. The van der Waals surface area contributed by atoms with Crippen LogP contribution in [0.2, 0.25) is 0 Å². The highest BCUT2D eigenvalue weighted by molar-refractivity contribution is 6.42. The van der Waals surface area contributed by atoms with Crippen LogP contribution in [0.4, 0.5) is 17.6 Å². The van der Waals surface area contributed by atoms with Gasteiger partial charge in [-0.1, -0.05) is 121 Å². The third-order valence-electron chi connectivity index (χ3n) is 16.2. The lowest BCUT2D eigenvalue weighted by Crippen LogP contribution is -1.96. The number of fused-ring (bicyclic) bond motifs is 10. The summed E-state index contributed by atoms with van der Waals surface area (Å²) in [5, 5.41) is 12.0. The first-order valence-electron chi connectivity index (χ1n) is 25.0. The normalized spacial score (nSPS) is 12.2. The van der Waals surface area contributed by atoms with Crippen LogP contribution in [0.5, 0.6) is 23.0 Å². The van der Waals surface area contributed by atoms with E-state index in [1.165, 1.54) is 28.4 Å². The van der Waals surface area contributed by atoms with Crippen LogP contribution in [0.3, 0.4) is 0 Å². The topological polar surface area (TPSA) is 36.9 Å². The van der Waals surface area contributed by atoms with Crippen molar-refractivity contribution in [3.8, 4) is 112 Å². The minimum atomic E-state index is -0.477. The molecule has 2 aliphatic rings. The maximum Gasteiger partial charge on any atom is 0.165 e. The van der Waals surface area contributed by atoms with E-state index in [2.05, 4.69) is 72.8 Å². The predicted octanol–water partition coefficient (Wildman–Crippen LogP) is 18.6. The second-order valence-corrected chi connectivity index (χ2v) is 19.6. The molecule has 13 aromatic rings. The zero-order valence-electron chi connectivity index (χ0n) is 41.3. The molecule has 0 atom stereocenters. The fraction of sp³-hybridized carbons (Fsp3) is 0.0588. The Labute approximate surface area is 432 Å². The summed E-state index contributed by atoms with van der Waals surface area (Å²) in [6.45, 7) is 0. The van der Waals surface area contributed by atoms with Crippen LogP contribution in [-0.4, -0.2) is 28.4 Å². The van der Waals surface area contributed by atoms with Gasteiger partial charge < -0.3 is 18.9 Å². The molecule has 0 unspecified atom stereocenters. The molecule has 364 valence electrons. The van der Waals surface area contributed by atoms with Gasteiger partial charge in [0.1, 0.15) is 0 Å². The summed E-state index contributed by atoms with van der Waals surface area (Å²) in [5.74, 6) is -1.32. The van der Waals surface area contributed by atoms with Crippen molar-refractivity contribution in [2.75, 3.05) is 28.4 Å². The van der Waals surface area contributed by atoms with Crippen LogP contribution in [0.1, 0.15) is 0 Å². The molecule has 0 radical (unpaired) electrons. The predicted molar refractivity (Wildman–Crippen MR) is 299 cm³/mol. The van der Waals surface area contributed by atoms with E-state index in [0.717, 1.165) is 131 Å². The lowest BCUT2D eigenvalue weighted by Gasteiger charge is -2.21. The van der Waals surface area contributed by atoms with Gasteiger partial charge in [-0.05, 0) is 202 Å². The van der Waals surface area contributed by atoms with Crippen LogP contribution in [0, 0.1) is 23.3 Å². The molecule has 0 N–H and O–H groups in total. The maximum atomic E-state index is 16.0. The molecule has 0 spiro atoms. The number of rotatable bonds is 8. The Hall–Kier alpha value is -9.40. The number of hydrogen-bond acceptors (Lipinski definition) is 4. The van der Waals surface area contributed by atoms with Gasteiger partial charge in [0.15, 0.2) is 46.3 Å². The molecule has 15 rings (SSSR count). The Morgan fingerprint density at radius 1 is 0.237 bits per heavy atom. The van der Waals surface area contributed by atoms with Gasteiger partial charge in [-0.2, -0.15) is 0 Å². The summed E-state index contributed by atoms with van der Waals surface area (Å²) in [4.78, 5) is 0. The van der Waals surface area contributed by atoms with E-state index in [9.17, 15) is 0 Å². The van der Waals surface area contributed by atoms with E-state index in [1.54, 1.807) is 48.5 Å². The average molecular weight is 997 g/mol. The molecule has 2 aliphatic carbocycles. The molecule has 8 heteroatoms. The zero-order chi connectivity index (χ0) is 51.4. The Bertz CT molecular complexity index is 4160. The second-order valence-electron chi connectivity index (χ2n) is 19.6. The standard InChI is InChI=1S/C68H40F4O4/c1-73-53-25-13-33(29-49(53)69)57-37-9-5-6-10-38(37)58(34-14-26-54(74-2)50(70)30-34)66-46-22-18-42-44-20-24-48-64-47(23-19-43(62(44)64)41-17-21-45(65(57)66)63(46)61(41)42)67-59(35-15-27-55(75-3)51(71)31-35)39-11-7-8-12-40(39)60(68(48)67)36-16-28-56(76-4)52(72)32-36/h5-32H,1-4H3. The van der Waals surface area contributed by atoms with E-state index >= 15 is 17.6 Å². The van der Waals surface area contributed by atoms with E-state index in [-0.39, 0.29) is 23.0 Å². The third kappa shape index (κ3) is 5.78. The molecule has 0 saturated heterocycles. The van der Waals surface area contributed by atoms with Crippen LogP contribution in [0.15, 0.2) is 170 Å². The molecule has 13 aromatic carbocycles. The van der Waals surface area contributed by atoms with Gasteiger partial charge in [-0.3, -0.25) is 0 Å². The summed E-state index contributed by atoms with van der Waals surface area (Å²) >= 11 is 0. The largest absolute Gasteiger partial charge is 0.494 e. The molecule has 0 aliphatic heterocycles. The van der Waals surface area contributed by atoms with Crippen molar-refractivity contribution in [3.05, 3.63) is 193 Å². The van der Waals surface area contributed by atoms with E-state index in [1.807, 2.05) is 48.5 Å². The number of halogens is 4. The third-order valence-corrected chi connectivity index (χ3v) is 16.2. The highest BCUT2D eigenvalue weighted by Gasteiger charge is 2.36. The lowest BCUT2D eigenvalue weighted by atomic mass is 9.82. The number of benzene rings is 13. The summed E-state index contributed by atoms with van der Waals surface area (Å²) in [5.41, 5.74) is 13.9. The second kappa shape index (κ2) is 16.1. The molecular weight excluding hydrogens is 957 g/mol. The molecule has 0 amide bonds. The smallest absolute Gasteiger partial charge is 0.165 e. The number of ether oxygens (including phenoxy) is 4. The lowest BCUT2D eigenvalue weighted by molar-refractivity contribution is 0.386. The van der Waals surface area contributed by atoms with Crippen LogP contribution < -0.4 is 18.9 Å². The fourth-order valence-corrected chi connectivity index (χ4v) is 13.2. The van der Waals surface area contributed by atoms with Gasteiger partial charge in [-0.15, -0.1) is 0 Å². The van der Waals surface area contributed by atoms with Crippen molar-refractivity contribution in [2.24, 2.45) is 0 Å². The highest BCUT2D eigenvalue weighted by Crippen LogP contribution is 2.63. The molecule has 0 fully saturated rings. The average Bonchev–Trinajstić information content (AvgIpc) is 4.17. The molecule has 76 heavy (non-hydrogen) atoms. The maximum absolute atomic E-state index is 16.0. The minimum Gasteiger partial charge on any atom is -0.494 e. The Balaban J connectivity index is 1.06. The van der Waals surface area contributed by atoms with Crippen LogP contribution in [-0.2, 0) is 0 Å². The Morgan fingerprint density at radius 3 is 0.684 bits per heavy atom. The van der Waals surface area contributed by atoms with E-state index in [0.29, 0.717) is 22.3 Å². The van der Waals surface area contributed by atoms with Gasteiger partial charge in [-0.25, -0.2) is 17.6 Å². The van der Waals surface area contributed by atoms with E-state index < -0.39 is 23.3 Å². The van der Waals surface area contributed by atoms with Gasteiger partial charge >= 0.3 is 0 Å². The minimum absolute atomic E-state index is 0.146. The van der Waals surface area contributed by atoms with Crippen molar-refractivity contribution < 1.29 is 36.5 Å². The van der Waals surface area contributed by atoms with Crippen molar-refractivity contribution in [2.45, 2.75) is 0 Å². The number of methoxy groups -OCH3 is 4. The first kappa shape index (κ1) is 44.1. The van der Waals surface area contributed by atoms with Gasteiger partial charge in [0.25, 0.3) is 0 Å². The Morgan fingerprint density at radius 2 is 0.474 bits per heavy atom. The quantitative estimate of drug-likeness (QED) is 0.0864. The van der Waals surface area contributed by atoms with Gasteiger partial charge in [0.2, 0.25) is 0 Å². The van der Waals surface area contributed by atoms with Crippen LogP contribution >= 0.6 is 0 Å². The first-order valence-corrected chi connectivity index (χ1v) is 25.0. The summed E-state index contributed by atoms with van der Waals surface area (Å²) < 4.78 is 85.4. The molecular formula is C68H40F4O4. The zero-order valence-corrected chi connectivity index (χ0v) is 41.3. The summed E-state index contributed by atoms with van der Waals surface area (Å²) in [7, 11) is 5.83. The molecule has 0 aromatic heterocycles. The van der Waals surface area contributed by atoms with Crippen molar-refractivity contribution in [1.29, 1.82) is 0 Å². The van der Waals surface area contributed by atoms with Crippen molar-refractivity contribution in [3.63, 3.8) is 0 Å². The summed E-state index contributed by atoms with van der Waals surface area (Å²) in [6.07, 6.45) is 0. The molecule has 0 heterocycles. The highest BCUT2D eigenvalue weighted by atomic mass is 19.1. The SMILES string of the molecule is COc1ccc(-c2c3c(c(-c4ccc(OC)c(F)c4)c4ccccc24)-c2ccc4c5ccc6c7c(ccc(c8ccc-3c2c84)c75)-c2c-6c(-c3ccc(OC)c(F)c3)c3ccccc3c2-c2ccc(OC)c(F)c2)cc1F. The van der Waals surface area contributed by atoms with E-state index in [4.69, 9.17) is 18.9 Å². The Kier molecular flexibility index (Phi) is 9.32. The first-order chi connectivity index (χ1) is 37.2. The van der Waals surface area contributed by atoms with Crippen LogP contribution in [0.25, 0.3) is 154 Å². The van der Waals surface area contributed by atoms with Gasteiger partial charge in [0.05, 0.1) is 28.4 Å². The van der Waals surface area contributed by atoms with Crippen molar-refractivity contribution >= 4 is 64.6 Å². The fourth-order valence-electron chi connectivity index (χ4n) is 13.2. The molecule has 4 nitrogen and oxygen atoms in total. The van der Waals surface area contributed by atoms with Crippen molar-refractivity contribution in [1.82, 2.24) is 0 Å².